The first-order chi connectivity index (χ1) is 14.7. The Morgan fingerprint density at radius 3 is 1.33 bits per heavy atom. The summed E-state index contributed by atoms with van der Waals surface area (Å²) in [4.78, 5) is 11.6. The maximum Gasteiger partial charge on any atom is 0.335 e. The zero-order valence-corrected chi connectivity index (χ0v) is 17.6. The van der Waals surface area contributed by atoms with Gasteiger partial charge in [0.2, 0.25) is 0 Å². The first-order valence-corrected chi connectivity index (χ1v) is 11.9. The third kappa shape index (κ3) is 3.63. The van der Waals surface area contributed by atoms with Gasteiger partial charge in [0.15, 0.2) is 8.07 Å². The Hall–Kier alpha value is -3.69. The molecule has 4 rings (SSSR count). The first-order valence-electron chi connectivity index (χ1n) is 9.86. The second-order valence-electron chi connectivity index (χ2n) is 7.00. The molecule has 4 aromatic carbocycles. The fraction of sp³-hybridized carbons (Fsp3) is 0. The van der Waals surface area contributed by atoms with Crippen molar-refractivity contribution in [3.63, 3.8) is 0 Å². The molecule has 3 heteroatoms. The highest BCUT2D eigenvalue weighted by Gasteiger charge is 2.41. The molecule has 0 aliphatic rings. The van der Waals surface area contributed by atoms with E-state index in [0.29, 0.717) is 5.75 Å². The fourth-order valence-corrected chi connectivity index (χ4v) is 8.74. The Kier molecular flexibility index (Phi) is 5.73. The van der Waals surface area contributed by atoms with Crippen LogP contribution in [0.25, 0.3) is 0 Å². The van der Waals surface area contributed by atoms with Gasteiger partial charge in [0.1, 0.15) is 5.75 Å². The number of esters is 1. The van der Waals surface area contributed by atoms with Gasteiger partial charge < -0.3 is 4.74 Å². The molecule has 4 aromatic rings. The minimum absolute atomic E-state index is 0.458. The maximum atomic E-state index is 11.6. The van der Waals surface area contributed by atoms with Crippen molar-refractivity contribution in [3.05, 3.63) is 128 Å². The lowest BCUT2D eigenvalue weighted by atomic mass is 10.3. The standard InChI is InChI=1S/C27H22O2Si/c1-2-27(28)29-22-18-20-26(21-19-22)30(23-12-6-3-7-13-23,24-14-8-4-9-15-24)25-16-10-5-11-17-25/h2-21H,1H2. The number of carbonyl (C=O) groups excluding carboxylic acids is 1. The van der Waals surface area contributed by atoms with Gasteiger partial charge in [-0.3, -0.25) is 0 Å². The molecule has 0 bridgehead atoms. The zero-order valence-electron chi connectivity index (χ0n) is 16.6. The molecule has 0 aliphatic heterocycles. The molecule has 0 heterocycles. The van der Waals surface area contributed by atoms with Crippen LogP contribution in [0.2, 0.25) is 0 Å². The van der Waals surface area contributed by atoms with Crippen LogP contribution in [0.1, 0.15) is 0 Å². The van der Waals surface area contributed by atoms with E-state index < -0.39 is 14.0 Å². The van der Waals surface area contributed by atoms with Crippen molar-refractivity contribution in [3.8, 4) is 5.75 Å². The second kappa shape index (κ2) is 8.76. The van der Waals surface area contributed by atoms with Crippen LogP contribution >= 0.6 is 0 Å². The van der Waals surface area contributed by atoms with Gasteiger partial charge in [-0.1, -0.05) is 110 Å². The van der Waals surface area contributed by atoms with Crippen molar-refractivity contribution < 1.29 is 9.53 Å². The minimum Gasteiger partial charge on any atom is -0.423 e. The van der Waals surface area contributed by atoms with Gasteiger partial charge in [0.05, 0.1) is 0 Å². The van der Waals surface area contributed by atoms with Crippen molar-refractivity contribution in [2.24, 2.45) is 0 Å². The van der Waals surface area contributed by atoms with E-state index in [4.69, 9.17) is 4.74 Å². The lowest BCUT2D eigenvalue weighted by Crippen LogP contribution is -2.74. The van der Waals surface area contributed by atoms with Crippen LogP contribution in [-0.4, -0.2) is 14.0 Å². The fourth-order valence-electron chi connectivity index (χ4n) is 4.00. The van der Waals surface area contributed by atoms with E-state index in [1.165, 1.54) is 26.8 Å². The number of carbonyl (C=O) groups is 1. The van der Waals surface area contributed by atoms with E-state index in [0.717, 1.165) is 0 Å². The van der Waals surface area contributed by atoms with Crippen LogP contribution in [0.3, 0.4) is 0 Å². The Labute approximate surface area is 178 Å². The zero-order chi connectivity index (χ0) is 20.8. The normalized spacial score (nSPS) is 10.9. The summed E-state index contributed by atoms with van der Waals surface area (Å²) in [5.74, 6) is 0.0566. The summed E-state index contributed by atoms with van der Waals surface area (Å²) >= 11 is 0. The van der Waals surface area contributed by atoms with Gasteiger partial charge in [0.25, 0.3) is 0 Å². The largest absolute Gasteiger partial charge is 0.423 e. The number of hydrogen-bond donors (Lipinski definition) is 0. The van der Waals surface area contributed by atoms with Gasteiger partial charge in [0, 0.05) is 6.08 Å². The van der Waals surface area contributed by atoms with Crippen molar-refractivity contribution >= 4 is 34.8 Å². The lowest BCUT2D eigenvalue weighted by Gasteiger charge is -2.34. The van der Waals surface area contributed by atoms with Gasteiger partial charge in [-0.05, 0) is 32.9 Å². The molecule has 30 heavy (non-hydrogen) atoms. The molecule has 0 fully saturated rings. The van der Waals surface area contributed by atoms with Crippen LogP contribution in [-0.2, 0) is 4.79 Å². The van der Waals surface area contributed by atoms with Crippen molar-refractivity contribution in [1.82, 2.24) is 0 Å². The first kappa shape index (κ1) is 19.6. The van der Waals surface area contributed by atoms with Crippen molar-refractivity contribution in [1.29, 1.82) is 0 Å². The molecule has 0 saturated heterocycles. The predicted molar refractivity (Wildman–Crippen MR) is 126 cm³/mol. The van der Waals surface area contributed by atoms with Gasteiger partial charge in [-0.15, -0.1) is 0 Å². The molecule has 0 saturated carbocycles. The maximum absolute atomic E-state index is 11.6. The minimum atomic E-state index is -2.53. The average molecular weight is 407 g/mol. The number of rotatable bonds is 6. The molecule has 0 aromatic heterocycles. The molecular formula is C27H22O2Si. The molecule has 0 unspecified atom stereocenters. The average Bonchev–Trinajstić information content (AvgIpc) is 2.83. The summed E-state index contributed by atoms with van der Waals surface area (Å²) in [6, 6.07) is 40.0. The predicted octanol–water partition coefficient (Wildman–Crippen LogP) is 3.16. The van der Waals surface area contributed by atoms with Crippen LogP contribution in [0.15, 0.2) is 128 Å². The molecular weight excluding hydrogens is 384 g/mol. The Bertz CT molecular complexity index is 1030. The Morgan fingerprint density at radius 1 is 0.600 bits per heavy atom. The van der Waals surface area contributed by atoms with Gasteiger partial charge in [-0.25, -0.2) is 4.79 Å². The van der Waals surface area contributed by atoms with E-state index in [-0.39, 0.29) is 0 Å². The van der Waals surface area contributed by atoms with E-state index in [1.807, 2.05) is 12.1 Å². The number of hydrogen-bond acceptors (Lipinski definition) is 2. The third-order valence-corrected chi connectivity index (χ3v) is 10.1. The van der Waals surface area contributed by atoms with E-state index in [2.05, 4.69) is 110 Å². The van der Waals surface area contributed by atoms with E-state index >= 15 is 0 Å². The number of benzene rings is 4. The van der Waals surface area contributed by atoms with E-state index in [9.17, 15) is 4.79 Å². The molecule has 0 aliphatic carbocycles. The van der Waals surface area contributed by atoms with Crippen molar-refractivity contribution in [2.75, 3.05) is 0 Å². The van der Waals surface area contributed by atoms with Crippen LogP contribution in [0.5, 0.6) is 5.75 Å². The highest BCUT2D eigenvalue weighted by molar-refractivity contribution is 7.19. The molecule has 0 amide bonds. The number of ether oxygens (including phenoxy) is 1. The smallest absolute Gasteiger partial charge is 0.335 e. The van der Waals surface area contributed by atoms with Gasteiger partial charge >= 0.3 is 5.97 Å². The SMILES string of the molecule is C=CC(=O)Oc1ccc([Si](c2ccccc2)(c2ccccc2)c2ccccc2)cc1. The van der Waals surface area contributed by atoms with E-state index in [1.54, 1.807) is 0 Å². The van der Waals surface area contributed by atoms with Crippen LogP contribution in [0.4, 0.5) is 0 Å². The summed E-state index contributed by atoms with van der Waals surface area (Å²) in [6.07, 6.45) is 1.17. The second-order valence-corrected chi connectivity index (χ2v) is 10.8. The quantitative estimate of drug-likeness (QED) is 0.162. The van der Waals surface area contributed by atoms with Crippen LogP contribution in [0, 0.1) is 0 Å². The molecule has 0 atom stereocenters. The highest BCUT2D eigenvalue weighted by Crippen LogP contribution is 2.13. The topological polar surface area (TPSA) is 26.3 Å². The third-order valence-electron chi connectivity index (χ3n) is 5.29. The highest BCUT2D eigenvalue weighted by atomic mass is 28.3. The molecule has 2 nitrogen and oxygen atoms in total. The molecule has 0 spiro atoms. The van der Waals surface area contributed by atoms with Gasteiger partial charge in [-0.2, -0.15) is 0 Å². The Morgan fingerprint density at radius 2 is 0.967 bits per heavy atom. The monoisotopic (exact) mass is 406 g/mol. The molecule has 146 valence electrons. The summed E-state index contributed by atoms with van der Waals surface area (Å²) in [5, 5.41) is 5.14. The summed E-state index contributed by atoms with van der Waals surface area (Å²) < 4.78 is 5.31. The van der Waals surface area contributed by atoms with Crippen LogP contribution < -0.4 is 25.5 Å². The summed E-state index contributed by atoms with van der Waals surface area (Å²) in [7, 11) is -2.53. The molecule has 0 N–H and O–H groups in total. The summed E-state index contributed by atoms with van der Waals surface area (Å²) in [5.41, 5.74) is 0. The Balaban J connectivity index is 1.98. The molecule has 0 radical (unpaired) electrons. The van der Waals surface area contributed by atoms with Crippen molar-refractivity contribution in [2.45, 2.75) is 0 Å². The summed E-state index contributed by atoms with van der Waals surface area (Å²) in [6.45, 7) is 3.46. The lowest BCUT2D eigenvalue weighted by molar-refractivity contribution is -0.128.